The van der Waals surface area contributed by atoms with Crippen LogP contribution in [-0.2, 0) is 4.79 Å². The average Bonchev–Trinajstić information content (AvgIpc) is 2.90. The van der Waals surface area contributed by atoms with Gasteiger partial charge in [-0.05, 0) is 52.7 Å². The minimum atomic E-state index is -0.280. The summed E-state index contributed by atoms with van der Waals surface area (Å²) in [5.41, 5.74) is 0.674. The third-order valence-electron chi connectivity index (χ3n) is 4.52. The Hall–Kier alpha value is -2.17. The molecule has 0 atom stereocenters. The number of carbonyl (C=O) groups is 3. The molecule has 0 aromatic heterocycles. The predicted molar refractivity (Wildman–Crippen MR) is 133 cm³/mol. The summed E-state index contributed by atoms with van der Waals surface area (Å²) in [6.45, 7) is 9.62. The standard InChI is InChI=1S/C22H33N5O3.HI/c1-6-23-21(26(5)15-18(28)25-22(2,3)4)24-13-9-10-14-27-19(29)16-11-7-8-12-17(16)20(27)30;/h7-8,11-12H,6,9-10,13-15H2,1-5H3,(H,23,24)(H,25,28);1H. The van der Waals surface area contributed by atoms with Gasteiger partial charge in [0.25, 0.3) is 11.8 Å². The molecule has 172 valence electrons. The van der Waals surface area contributed by atoms with E-state index in [1.807, 2.05) is 34.7 Å². The van der Waals surface area contributed by atoms with Crippen molar-refractivity contribution in [3.05, 3.63) is 35.4 Å². The fraction of sp³-hybridized carbons (Fsp3) is 0.545. The van der Waals surface area contributed by atoms with Gasteiger partial charge in [0.15, 0.2) is 5.96 Å². The fourth-order valence-corrected chi connectivity index (χ4v) is 3.23. The second-order valence-corrected chi connectivity index (χ2v) is 8.40. The van der Waals surface area contributed by atoms with Crippen LogP contribution >= 0.6 is 24.0 Å². The van der Waals surface area contributed by atoms with E-state index in [1.54, 1.807) is 29.2 Å². The highest BCUT2D eigenvalue weighted by atomic mass is 127. The van der Waals surface area contributed by atoms with E-state index in [4.69, 9.17) is 0 Å². The zero-order chi connectivity index (χ0) is 22.3. The molecule has 0 saturated heterocycles. The van der Waals surface area contributed by atoms with Gasteiger partial charge in [0.2, 0.25) is 5.91 Å². The van der Waals surface area contributed by atoms with Crippen molar-refractivity contribution < 1.29 is 14.4 Å². The quantitative estimate of drug-likeness (QED) is 0.173. The number of fused-ring (bicyclic) bond motifs is 1. The lowest BCUT2D eigenvalue weighted by Gasteiger charge is -2.25. The molecule has 1 aliphatic heterocycles. The first-order valence-electron chi connectivity index (χ1n) is 10.4. The molecule has 0 saturated carbocycles. The maximum atomic E-state index is 12.4. The van der Waals surface area contributed by atoms with E-state index < -0.39 is 0 Å². The molecule has 2 N–H and O–H groups in total. The van der Waals surface area contributed by atoms with Crippen molar-refractivity contribution in [3.8, 4) is 0 Å². The minimum absolute atomic E-state index is 0. The summed E-state index contributed by atoms with van der Waals surface area (Å²) in [5.74, 6) is 0.137. The molecule has 31 heavy (non-hydrogen) atoms. The number of unbranched alkanes of at least 4 members (excludes halogenated alkanes) is 1. The zero-order valence-electron chi connectivity index (χ0n) is 19.0. The number of rotatable bonds is 8. The summed E-state index contributed by atoms with van der Waals surface area (Å²) >= 11 is 0. The number of hydrogen-bond acceptors (Lipinski definition) is 4. The topological polar surface area (TPSA) is 94.1 Å². The van der Waals surface area contributed by atoms with E-state index in [2.05, 4.69) is 15.6 Å². The van der Waals surface area contributed by atoms with Crippen molar-refractivity contribution >= 4 is 47.7 Å². The molecule has 8 nitrogen and oxygen atoms in total. The Morgan fingerprint density at radius 2 is 1.68 bits per heavy atom. The van der Waals surface area contributed by atoms with E-state index >= 15 is 0 Å². The van der Waals surface area contributed by atoms with E-state index in [0.29, 0.717) is 43.1 Å². The Balaban J connectivity index is 0.00000480. The van der Waals surface area contributed by atoms with Crippen molar-refractivity contribution in [1.82, 2.24) is 20.4 Å². The Morgan fingerprint density at radius 1 is 1.10 bits per heavy atom. The van der Waals surface area contributed by atoms with E-state index in [9.17, 15) is 14.4 Å². The summed E-state index contributed by atoms with van der Waals surface area (Å²) in [7, 11) is 1.82. The van der Waals surface area contributed by atoms with Gasteiger partial charge in [-0.1, -0.05) is 12.1 Å². The number of nitrogens with zero attached hydrogens (tertiary/aromatic N) is 3. The molecular formula is C22H34IN5O3. The molecule has 0 fully saturated rings. The predicted octanol–water partition coefficient (Wildman–Crippen LogP) is 2.49. The highest BCUT2D eigenvalue weighted by molar-refractivity contribution is 14.0. The minimum Gasteiger partial charge on any atom is -0.357 e. The van der Waals surface area contributed by atoms with Crippen LogP contribution in [0.2, 0.25) is 0 Å². The number of likely N-dealkylation sites (N-methyl/N-ethyl adjacent to an activating group) is 1. The Morgan fingerprint density at radius 3 is 2.19 bits per heavy atom. The molecule has 0 radical (unpaired) electrons. The van der Waals surface area contributed by atoms with Crippen LogP contribution in [0.25, 0.3) is 0 Å². The molecule has 1 heterocycles. The Kier molecular flexibility index (Phi) is 10.4. The number of aliphatic imine (C=N–C) groups is 1. The van der Waals surface area contributed by atoms with Gasteiger partial charge >= 0.3 is 0 Å². The summed E-state index contributed by atoms with van der Waals surface area (Å²) < 4.78 is 0. The van der Waals surface area contributed by atoms with Crippen molar-refractivity contribution in [2.75, 3.05) is 33.2 Å². The molecule has 0 bridgehead atoms. The number of guanidine groups is 1. The van der Waals surface area contributed by atoms with Crippen LogP contribution in [0, 0.1) is 0 Å². The SMILES string of the molecule is CCNC(=NCCCCN1C(=O)c2ccccc2C1=O)N(C)CC(=O)NC(C)(C)C.I. The van der Waals surface area contributed by atoms with Gasteiger partial charge in [0.05, 0.1) is 17.7 Å². The summed E-state index contributed by atoms with van der Waals surface area (Å²) in [6, 6.07) is 6.91. The normalized spacial score (nSPS) is 13.6. The number of imide groups is 1. The van der Waals surface area contributed by atoms with Crippen molar-refractivity contribution in [3.63, 3.8) is 0 Å². The highest BCUT2D eigenvalue weighted by Crippen LogP contribution is 2.22. The van der Waals surface area contributed by atoms with Crippen molar-refractivity contribution in [2.45, 2.75) is 46.1 Å². The highest BCUT2D eigenvalue weighted by Gasteiger charge is 2.34. The number of carbonyl (C=O) groups excluding carboxylic acids is 3. The lowest BCUT2D eigenvalue weighted by molar-refractivity contribution is -0.122. The number of hydrogen-bond donors (Lipinski definition) is 2. The first-order chi connectivity index (χ1) is 14.1. The lowest BCUT2D eigenvalue weighted by Crippen LogP contribution is -2.48. The second-order valence-electron chi connectivity index (χ2n) is 8.40. The number of nitrogens with one attached hydrogen (secondary N) is 2. The van der Waals surface area contributed by atoms with Gasteiger partial charge < -0.3 is 15.5 Å². The van der Waals surface area contributed by atoms with Crippen LogP contribution in [0.4, 0.5) is 0 Å². The molecule has 0 aliphatic carbocycles. The van der Waals surface area contributed by atoms with E-state index in [1.165, 1.54) is 4.90 Å². The molecule has 9 heteroatoms. The van der Waals surface area contributed by atoms with Crippen LogP contribution in [0.15, 0.2) is 29.3 Å². The first-order valence-corrected chi connectivity index (χ1v) is 10.4. The Labute approximate surface area is 201 Å². The molecule has 3 amide bonds. The molecule has 1 aliphatic rings. The van der Waals surface area contributed by atoms with Crippen LogP contribution in [0.5, 0.6) is 0 Å². The molecule has 0 unspecified atom stereocenters. The molecule has 1 aromatic rings. The van der Waals surface area contributed by atoms with Crippen LogP contribution in [0.1, 0.15) is 61.3 Å². The van der Waals surface area contributed by atoms with Gasteiger partial charge in [-0.15, -0.1) is 24.0 Å². The van der Waals surface area contributed by atoms with Crippen LogP contribution < -0.4 is 10.6 Å². The summed E-state index contributed by atoms with van der Waals surface area (Å²) in [6.07, 6.45) is 1.40. The monoisotopic (exact) mass is 543 g/mol. The maximum Gasteiger partial charge on any atom is 0.261 e. The first kappa shape index (κ1) is 26.9. The van der Waals surface area contributed by atoms with Gasteiger partial charge in [-0.2, -0.15) is 0 Å². The van der Waals surface area contributed by atoms with Gasteiger partial charge in [0, 0.05) is 32.2 Å². The zero-order valence-corrected chi connectivity index (χ0v) is 21.4. The van der Waals surface area contributed by atoms with Gasteiger partial charge in [0.1, 0.15) is 0 Å². The number of halogens is 1. The smallest absolute Gasteiger partial charge is 0.261 e. The maximum absolute atomic E-state index is 12.4. The van der Waals surface area contributed by atoms with Crippen LogP contribution in [-0.4, -0.2) is 72.2 Å². The van der Waals surface area contributed by atoms with Crippen molar-refractivity contribution in [2.24, 2.45) is 4.99 Å². The number of benzene rings is 1. The average molecular weight is 543 g/mol. The second kappa shape index (κ2) is 12.0. The lowest BCUT2D eigenvalue weighted by atomic mass is 10.1. The molecular weight excluding hydrogens is 509 g/mol. The molecule has 0 spiro atoms. The third-order valence-corrected chi connectivity index (χ3v) is 4.52. The van der Waals surface area contributed by atoms with E-state index in [0.717, 1.165) is 6.42 Å². The van der Waals surface area contributed by atoms with Gasteiger partial charge in [-0.25, -0.2) is 0 Å². The molecule has 1 aromatic carbocycles. The van der Waals surface area contributed by atoms with Crippen molar-refractivity contribution in [1.29, 1.82) is 0 Å². The Bertz CT molecular complexity index is 785. The summed E-state index contributed by atoms with van der Waals surface area (Å²) in [4.78, 5) is 44.6. The fourth-order valence-electron chi connectivity index (χ4n) is 3.23. The molecule has 2 rings (SSSR count). The summed E-state index contributed by atoms with van der Waals surface area (Å²) in [5, 5.41) is 6.12. The van der Waals surface area contributed by atoms with E-state index in [-0.39, 0.29) is 53.8 Å². The van der Waals surface area contributed by atoms with Gasteiger partial charge in [-0.3, -0.25) is 24.3 Å². The third kappa shape index (κ3) is 7.79. The van der Waals surface area contributed by atoms with Crippen LogP contribution in [0.3, 0.4) is 0 Å². The largest absolute Gasteiger partial charge is 0.357 e. The number of amides is 3.